The topological polar surface area (TPSA) is 40.5 Å². The summed E-state index contributed by atoms with van der Waals surface area (Å²) in [6, 6.07) is 0. The van der Waals surface area contributed by atoms with Crippen LogP contribution < -0.4 is 0 Å². The van der Waals surface area contributed by atoms with Crippen LogP contribution in [0.1, 0.15) is 0 Å². The second-order valence-corrected chi connectivity index (χ2v) is 2.86. The first-order chi connectivity index (χ1) is 6.29. The third-order valence-corrected chi connectivity index (χ3v) is 2.03. The first kappa shape index (κ1) is 11.1. The third-order valence-electron chi connectivity index (χ3n) is 2.03. The smallest absolute Gasteiger partial charge is 0.337 e. The van der Waals surface area contributed by atoms with Crippen LogP contribution >= 0.6 is 0 Å². The van der Waals surface area contributed by atoms with E-state index in [0.717, 1.165) is 12.2 Å². The van der Waals surface area contributed by atoms with Gasteiger partial charge in [0.25, 0.3) is 0 Å². The molecule has 2 rings (SSSR count). The lowest BCUT2D eigenvalue weighted by Crippen LogP contribution is -2.23. The molecule has 0 aliphatic carbocycles. The lowest BCUT2D eigenvalue weighted by atomic mass is 10.1. The Bertz CT molecular complexity index is 366. The van der Waals surface area contributed by atoms with E-state index >= 15 is 0 Å². The molecule has 0 aromatic rings. The number of allylic oxidation sites excluding steroid dienone is 3. The fourth-order valence-electron chi connectivity index (χ4n) is 1.43. The van der Waals surface area contributed by atoms with Gasteiger partial charge in [-0.15, -0.1) is 0 Å². The van der Waals surface area contributed by atoms with Gasteiger partial charge < -0.3 is 10.0 Å². The maximum atomic E-state index is 10.8. The number of carboxylic acids is 1. The van der Waals surface area contributed by atoms with Crippen molar-refractivity contribution < 1.29 is 9.90 Å². The molecule has 0 amide bonds. The zero-order valence-electron chi connectivity index (χ0n) is 7.68. The van der Waals surface area contributed by atoms with Crippen LogP contribution in [0.15, 0.2) is 47.9 Å². The van der Waals surface area contributed by atoms with Crippen molar-refractivity contribution in [3.05, 3.63) is 47.9 Å². The lowest BCUT2D eigenvalue weighted by molar-refractivity contribution is -0.132. The molecular weight excluding hydrogens is 190 g/mol. The van der Waals surface area contributed by atoms with E-state index in [4.69, 9.17) is 5.11 Å². The van der Waals surface area contributed by atoms with E-state index in [1.807, 2.05) is 35.4 Å². The van der Waals surface area contributed by atoms with E-state index in [1.54, 1.807) is 6.08 Å². The summed E-state index contributed by atoms with van der Waals surface area (Å²) in [7, 11) is 0. The van der Waals surface area contributed by atoms with Crippen molar-refractivity contribution in [2.45, 2.75) is 0 Å². The van der Waals surface area contributed by atoms with Crippen molar-refractivity contribution >= 4 is 29.0 Å². The Hall–Kier alpha value is -1.00. The summed E-state index contributed by atoms with van der Waals surface area (Å²) in [5.41, 5.74) is 1.12. The molecule has 0 unspecified atom stereocenters. The van der Waals surface area contributed by atoms with Crippen LogP contribution in [0.2, 0.25) is 0 Å². The molecule has 0 saturated carbocycles. The van der Waals surface area contributed by atoms with E-state index in [0.29, 0.717) is 5.57 Å². The zero-order valence-corrected chi connectivity index (χ0v) is 9.10. The Morgan fingerprint density at radius 2 is 2.14 bits per heavy atom. The summed E-state index contributed by atoms with van der Waals surface area (Å²) >= 11 is 0. The molecule has 0 saturated heterocycles. The van der Waals surface area contributed by atoms with Crippen LogP contribution in [0.25, 0.3) is 0 Å². The first-order valence-electron chi connectivity index (χ1n) is 4.04. The Balaban J connectivity index is 0.000000980. The lowest BCUT2D eigenvalue weighted by Gasteiger charge is -2.26. The van der Waals surface area contributed by atoms with Crippen molar-refractivity contribution in [1.29, 1.82) is 0 Å². The third kappa shape index (κ3) is 1.91. The van der Waals surface area contributed by atoms with Gasteiger partial charge in [0.1, 0.15) is 0 Å². The number of fused-ring (bicyclic) bond motifs is 1. The normalized spacial score (nSPS) is 17.9. The van der Waals surface area contributed by atoms with E-state index < -0.39 is 5.97 Å². The average Bonchev–Trinajstić information content (AvgIpc) is 2.17. The molecule has 1 N–H and O–H groups in total. The second-order valence-electron chi connectivity index (χ2n) is 2.86. The molecule has 2 aliphatic heterocycles. The fraction of sp³-hybridized carbons (Fsp3) is 0.100. The highest BCUT2D eigenvalue weighted by Crippen LogP contribution is 2.21. The molecule has 68 valence electrons. The van der Waals surface area contributed by atoms with Crippen LogP contribution in [0, 0.1) is 0 Å². The average molecular weight is 199 g/mol. The van der Waals surface area contributed by atoms with E-state index in [-0.39, 0.29) is 23.1 Å². The van der Waals surface area contributed by atoms with Gasteiger partial charge in [0, 0.05) is 35.8 Å². The molecule has 2 heterocycles. The van der Waals surface area contributed by atoms with Gasteiger partial charge in [-0.3, -0.25) is 0 Å². The zero-order chi connectivity index (χ0) is 9.26. The molecule has 3 nitrogen and oxygen atoms in total. The van der Waals surface area contributed by atoms with Crippen molar-refractivity contribution in [1.82, 2.24) is 4.90 Å². The largest absolute Gasteiger partial charge is 0.478 e. The molecule has 0 bridgehead atoms. The number of aliphatic carboxylic acids is 1. The first-order valence-corrected chi connectivity index (χ1v) is 4.04. The number of hydrogen-bond donors (Lipinski definition) is 1. The number of carboxylic acid groups (broad SMARTS) is 1. The van der Waals surface area contributed by atoms with Crippen LogP contribution in [-0.4, -0.2) is 45.6 Å². The van der Waals surface area contributed by atoms with Gasteiger partial charge in [0.2, 0.25) is 0 Å². The van der Waals surface area contributed by atoms with Gasteiger partial charge in [-0.2, -0.15) is 0 Å². The van der Waals surface area contributed by atoms with E-state index in [9.17, 15) is 4.79 Å². The van der Waals surface area contributed by atoms with Crippen LogP contribution in [0.3, 0.4) is 0 Å². The van der Waals surface area contributed by atoms with E-state index in [2.05, 4.69) is 0 Å². The number of carbonyl (C=O) groups is 1. The maximum absolute atomic E-state index is 10.8. The summed E-state index contributed by atoms with van der Waals surface area (Å²) in [6.07, 6.45) is 10.9. The summed E-state index contributed by atoms with van der Waals surface area (Å²) in [5, 5.41) is 8.88. The summed E-state index contributed by atoms with van der Waals surface area (Å²) in [5.74, 6) is -0.879. The molecular formula is C10H9MgNO2. The second kappa shape index (κ2) is 4.48. The van der Waals surface area contributed by atoms with Crippen LogP contribution in [-0.2, 0) is 4.79 Å². The molecule has 2 aliphatic rings. The predicted octanol–water partition coefficient (Wildman–Crippen LogP) is 0.900. The van der Waals surface area contributed by atoms with Crippen LogP contribution in [0.4, 0.5) is 0 Å². The van der Waals surface area contributed by atoms with Crippen molar-refractivity contribution in [2.24, 2.45) is 0 Å². The Labute approximate surface area is 98.2 Å². The van der Waals surface area contributed by atoms with Crippen molar-refractivity contribution in [2.75, 3.05) is 6.54 Å². The Kier molecular flexibility index (Phi) is 3.54. The maximum Gasteiger partial charge on any atom is 0.337 e. The van der Waals surface area contributed by atoms with Crippen LogP contribution in [0.5, 0.6) is 0 Å². The summed E-state index contributed by atoms with van der Waals surface area (Å²) < 4.78 is 0. The number of nitrogens with zero attached hydrogens (tertiary/aromatic N) is 1. The van der Waals surface area contributed by atoms with Gasteiger partial charge in [0.15, 0.2) is 0 Å². The number of hydrogen-bond acceptors (Lipinski definition) is 2. The minimum Gasteiger partial charge on any atom is -0.478 e. The quantitative estimate of drug-likeness (QED) is 0.638. The van der Waals surface area contributed by atoms with Gasteiger partial charge in [-0.25, -0.2) is 4.79 Å². The highest BCUT2D eigenvalue weighted by molar-refractivity contribution is 5.91. The Morgan fingerprint density at radius 1 is 1.36 bits per heavy atom. The predicted molar refractivity (Wildman–Crippen MR) is 54.5 cm³/mol. The molecule has 0 spiro atoms. The minimum absolute atomic E-state index is 0. The summed E-state index contributed by atoms with van der Waals surface area (Å²) in [4.78, 5) is 12.7. The molecule has 0 atom stereocenters. The van der Waals surface area contributed by atoms with E-state index in [1.165, 1.54) is 0 Å². The Morgan fingerprint density at radius 3 is 2.86 bits per heavy atom. The molecule has 2 radical (unpaired) electrons. The van der Waals surface area contributed by atoms with Gasteiger partial charge in [-0.1, -0.05) is 12.2 Å². The van der Waals surface area contributed by atoms with Gasteiger partial charge >= 0.3 is 5.97 Å². The van der Waals surface area contributed by atoms with Crippen molar-refractivity contribution in [3.63, 3.8) is 0 Å². The van der Waals surface area contributed by atoms with Gasteiger partial charge in [-0.05, 0) is 18.2 Å². The monoisotopic (exact) mass is 199 g/mol. The molecule has 0 aromatic carbocycles. The SMILES string of the molecule is O=C(O)C1=C2C=CC=CN2CC=C1.[Mg]. The fourth-order valence-corrected chi connectivity index (χ4v) is 1.43. The molecule has 14 heavy (non-hydrogen) atoms. The number of rotatable bonds is 1. The highest BCUT2D eigenvalue weighted by Gasteiger charge is 2.18. The molecule has 0 fully saturated rings. The van der Waals surface area contributed by atoms with Crippen molar-refractivity contribution in [3.8, 4) is 0 Å². The molecule has 0 aromatic heterocycles. The summed E-state index contributed by atoms with van der Waals surface area (Å²) in [6.45, 7) is 0.743. The molecule has 4 heteroatoms. The minimum atomic E-state index is -0.879. The highest BCUT2D eigenvalue weighted by atomic mass is 24.3. The standard InChI is InChI=1S/C10H9NO2.Mg/c12-10(13)8-4-3-7-11-6-2-1-5-9(8)11;/h1-6H,7H2,(H,12,13);. The van der Waals surface area contributed by atoms with Gasteiger partial charge in [0.05, 0.1) is 11.3 Å².